The molecule has 4 heterocycles. The Morgan fingerprint density at radius 2 is 1.89 bits per heavy atom. The first-order chi connectivity index (χ1) is 18.4. The van der Waals surface area contributed by atoms with Crippen molar-refractivity contribution in [2.75, 3.05) is 44.3 Å². The lowest BCUT2D eigenvalue weighted by Gasteiger charge is -2.43. The van der Waals surface area contributed by atoms with Crippen molar-refractivity contribution in [3.63, 3.8) is 0 Å². The fraction of sp³-hybridized carbons (Fsp3) is 0.429. The van der Waals surface area contributed by atoms with Gasteiger partial charge in [-0.1, -0.05) is 25.1 Å². The van der Waals surface area contributed by atoms with Crippen molar-refractivity contribution in [2.45, 2.75) is 31.3 Å². The molecule has 198 valence electrons. The number of para-hydroxylation sites is 1. The molecule has 3 fully saturated rings. The summed E-state index contributed by atoms with van der Waals surface area (Å²) in [5.41, 5.74) is 1.66. The number of aromatic nitrogens is 2. The zero-order chi connectivity index (χ0) is 26.3. The highest BCUT2D eigenvalue weighted by Gasteiger charge is 2.54. The van der Waals surface area contributed by atoms with E-state index in [0.717, 1.165) is 29.7 Å². The van der Waals surface area contributed by atoms with Gasteiger partial charge in [0.25, 0.3) is 11.8 Å². The molecule has 10 nitrogen and oxygen atoms in total. The number of carbonyl (C=O) groups is 3. The summed E-state index contributed by atoms with van der Waals surface area (Å²) in [7, 11) is 0. The molecule has 2 atom stereocenters. The molecule has 3 aliphatic rings. The molecule has 1 spiro atoms. The van der Waals surface area contributed by atoms with E-state index < -0.39 is 5.54 Å². The molecule has 3 aromatic rings. The van der Waals surface area contributed by atoms with Crippen molar-refractivity contribution in [2.24, 2.45) is 5.92 Å². The molecular formula is C28H33N7O3. The van der Waals surface area contributed by atoms with Gasteiger partial charge in [0.05, 0.1) is 18.4 Å². The van der Waals surface area contributed by atoms with Gasteiger partial charge in [0.1, 0.15) is 12.1 Å². The van der Waals surface area contributed by atoms with Gasteiger partial charge in [-0.25, -0.2) is 0 Å². The molecule has 6 rings (SSSR count). The number of piperidine rings is 1. The molecule has 1 aromatic heterocycles. The summed E-state index contributed by atoms with van der Waals surface area (Å²) in [6, 6.07) is 15.5. The maximum atomic E-state index is 13.9. The molecule has 2 aromatic carbocycles. The van der Waals surface area contributed by atoms with Crippen LogP contribution < -0.4 is 15.5 Å². The van der Waals surface area contributed by atoms with Gasteiger partial charge >= 0.3 is 0 Å². The molecule has 3 saturated heterocycles. The molecule has 38 heavy (non-hydrogen) atoms. The van der Waals surface area contributed by atoms with Crippen LogP contribution >= 0.6 is 0 Å². The molecule has 3 N–H and O–H groups in total. The first-order valence-electron chi connectivity index (χ1n) is 13.3. The smallest absolute Gasteiger partial charge is 0.253 e. The zero-order valence-corrected chi connectivity index (χ0v) is 21.5. The SMILES string of the molecule is C[C@@H]1CNC[C@H]1NC(=O)CN1CN(c2ccccc2)C2(CCN(C(=O)c3ccc4[nH]ncc4c3)CC2)C1=O. The van der Waals surface area contributed by atoms with Crippen LogP contribution in [-0.2, 0) is 9.59 Å². The van der Waals surface area contributed by atoms with Gasteiger partial charge in [-0.2, -0.15) is 5.10 Å². The molecular weight excluding hydrogens is 482 g/mol. The third-order valence-corrected chi connectivity index (χ3v) is 8.35. The topological polar surface area (TPSA) is 114 Å². The number of fused-ring (bicyclic) bond motifs is 1. The average molecular weight is 516 g/mol. The fourth-order valence-corrected chi connectivity index (χ4v) is 6.09. The van der Waals surface area contributed by atoms with E-state index in [9.17, 15) is 14.4 Å². The number of hydrogen-bond donors (Lipinski definition) is 3. The van der Waals surface area contributed by atoms with Crippen molar-refractivity contribution in [1.82, 2.24) is 30.6 Å². The Kier molecular flexibility index (Phi) is 6.27. The van der Waals surface area contributed by atoms with Gasteiger partial charge in [-0.3, -0.25) is 19.5 Å². The van der Waals surface area contributed by atoms with Gasteiger partial charge in [0.15, 0.2) is 0 Å². The highest BCUT2D eigenvalue weighted by atomic mass is 16.2. The number of hydrogen-bond acceptors (Lipinski definition) is 6. The molecule has 3 amide bonds. The van der Waals surface area contributed by atoms with Crippen LogP contribution in [0.15, 0.2) is 54.7 Å². The van der Waals surface area contributed by atoms with E-state index in [2.05, 4.69) is 32.7 Å². The van der Waals surface area contributed by atoms with Gasteiger partial charge in [-0.15, -0.1) is 0 Å². The Balaban J connectivity index is 1.19. The summed E-state index contributed by atoms with van der Waals surface area (Å²) in [5, 5.41) is 14.2. The lowest BCUT2D eigenvalue weighted by Crippen LogP contribution is -2.57. The summed E-state index contributed by atoms with van der Waals surface area (Å²) in [6.45, 7) is 5.04. The van der Waals surface area contributed by atoms with Crippen LogP contribution in [0.2, 0.25) is 0 Å². The van der Waals surface area contributed by atoms with Gasteiger partial charge in [0, 0.05) is 42.3 Å². The lowest BCUT2D eigenvalue weighted by atomic mass is 9.85. The number of nitrogens with zero attached hydrogens (tertiary/aromatic N) is 4. The second-order valence-corrected chi connectivity index (χ2v) is 10.7. The van der Waals surface area contributed by atoms with Gasteiger partial charge in [-0.05, 0) is 55.6 Å². The molecule has 3 aliphatic heterocycles. The number of rotatable bonds is 5. The molecule has 0 aliphatic carbocycles. The molecule has 10 heteroatoms. The largest absolute Gasteiger partial charge is 0.350 e. The lowest BCUT2D eigenvalue weighted by molar-refractivity contribution is -0.137. The van der Waals surface area contributed by atoms with E-state index in [1.165, 1.54) is 0 Å². The first-order valence-corrected chi connectivity index (χ1v) is 13.3. The maximum Gasteiger partial charge on any atom is 0.253 e. The molecule has 0 radical (unpaired) electrons. The van der Waals surface area contributed by atoms with Crippen LogP contribution in [-0.4, -0.2) is 88.7 Å². The summed E-state index contributed by atoms with van der Waals surface area (Å²) in [6.07, 6.45) is 2.71. The average Bonchev–Trinajstić information content (AvgIpc) is 3.64. The second-order valence-electron chi connectivity index (χ2n) is 10.7. The third kappa shape index (κ3) is 4.28. The van der Waals surface area contributed by atoms with Crippen molar-refractivity contribution in [3.8, 4) is 0 Å². The van der Waals surface area contributed by atoms with Crippen molar-refractivity contribution in [1.29, 1.82) is 0 Å². The van der Waals surface area contributed by atoms with E-state index >= 15 is 0 Å². The zero-order valence-electron chi connectivity index (χ0n) is 21.5. The maximum absolute atomic E-state index is 13.9. The van der Waals surface area contributed by atoms with E-state index in [1.807, 2.05) is 53.4 Å². The molecule has 0 unspecified atom stereocenters. The normalized spacial score (nSPS) is 23.0. The monoisotopic (exact) mass is 515 g/mol. The third-order valence-electron chi connectivity index (χ3n) is 8.35. The van der Waals surface area contributed by atoms with Crippen LogP contribution in [0.1, 0.15) is 30.1 Å². The minimum atomic E-state index is -0.783. The van der Waals surface area contributed by atoms with E-state index in [4.69, 9.17) is 0 Å². The minimum Gasteiger partial charge on any atom is -0.350 e. The van der Waals surface area contributed by atoms with Crippen molar-refractivity contribution < 1.29 is 14.4 Å². The summed E-state index contributed by atoms with van der Waals surface area (Å²) in [4.78, 5) is 45.8. The molecule has 0 bridgehead atoms. The Labute approximate surface area is 221 Å². The second kappa shape index (κ2) is 9.75. The Morgan fingerprint density at radius 3 is 2.63 bits per heavy atom. The Hall–Kier alpha value is -3.92. The van der Waals surface area contributed by atoms with Gasteiger partial charge < -0.3 is 25.3 Å². The van der Waals surface area contributed by atoms with Crippen LogP contribution in [0.3, 0.4) is 0 Å². The Morgan fingerprint density at radius 1 is 1.11 bits per heavy atom. The number of anilines is 1. The van der Waals surface area contributed by atoms with Crippen molar-refractivity contribution in [3.05, 3.63) is 60.3 Å². The van der Waals surface area contributed by atoms with E-state index in [-0.39, 0.29) is 30.3 Å². The number of aromatic amines is 1. The minimum absolute atomic E-state index is 0.0283. The number of benzene rings is 2. The number of carbonyl (C=O) groups excluding carboxylic acids is 3. The quantitative estimate of drug-likeness (QED) is 0.476. The standard InChI is InChI=1S/C28H33N7O3/c1-19-14-29-16-24(19)31-25(36)17-34-18-35(22-5-3-2-4-6-22)28(27(34)38)9-11-33(12-10-28)26(37)20-7-8-23-21(13-20)15-30-32-23/h2-8,13,15,19,24,29H,9-12,14,16-18H2,1H3,(H,30,32)(H,31,36)/t19-,24-/m1/s1. The predicted octanol–water partition coefficient (Wildman–Crippen LogP) is 1.57. The number of likely N-dealkylation sites (tertiary alicyclic amines) is 1. The number of amides is 3. The number of nitrogens with one attached hydrogen (secondary N) is 3. The fourth-order valence-electron chi connectivity index (χ4n) is 6.09. The van der Waals surface area contributed by atoms with Crippen LogP contribution in [0.25, 0.3) is 10.9 Å². The predicted molar refractivity (Wildman–Crippen MR) is 143 cm³/mol. The Bertz CT molecular complexity index is 1350. The molecule has 0 saturated carbocycles. The van der Waals surface area contributed by atoms with Crippen LogP contribution in [0.5, 0.6) is 0 Å². The highest BCUT2D eigenvalue weighted by Crippen LogP contribution is 2.39. The summed E-state index contributed by atoms with van der Waals surface area (Å²) >= 11 is 0. The highest BCUT2D eigenvalue weighted by molar-refractivity contribution is 5.99. The van der Waals surface area contributed by atoms with Crippen molar-refractivity contribution >= 4 is 34.3 Å². The van der Waals surface area contributed by atoms with Gasteiger partial charge in [0.2, 0.25) is 5.91 Å². The summed E-state index contributed by atoms with van der Waals surface area (Å²) < 4.78 is 0. The summed E-state index contributed by atoms with van der Waals surface area (Å²) in [5.74, 6) is 0.138. The number of H-pyrrole nitrogens is 1. The van der Waals surface area contributed by atoms with Crippen LogP contribution in [0, 0.1) is 5.92 Å². The van der Waals surface area contributed by atoms with E-state index in [0.29, 0.717) is 44.1 Å². The van der Waals surface area contributed by atoms with Crippen LogP contribution in [0.4, 0.5) is 5.69 Å². The van der Waals surface area contributed by atoms with E-state index in [1.54, 1.807) is 11.1 Å². The first kappa shape index (κ1) is 24.4.